The number of hydrogen-bond acceptors (Lipinski definition) is 5. The molecule has 0 spiro atoms. The van der Waals surface area contributed by atoms with Crippen molar-refractivity contribution in [2.45, 2.75) is 19.8 Å². The Hall–Kier alpha value is -2.21. The monoisotopic (exact) mass is 274 g/mol. The fourth-order valence-electron chi connectivity index (χ4n) is 1.80. The molecule has 0 saturated carbocycles. The van der Waals surface area contributed by atoms with Gasteiger partial charge in [0.05, 0.1) is 0 Å². The summed E-state index contributed by atoms with van der Waals surface area (Å²) in [4.78, 5) is 15.9. The molecule has 0 aliphatic rings. The van der Waals surface area contributed by atoms with Gasteiger partial charge < -0.3 is 15.2 Å². The minimum Gasteiger partial charge on any atom is -0.339 e. The summed E-state index contributed by atoms with van der Waals surface area (Å²) in [5, 5.41) is 9.74. The van der Waals surface area contributed by atoms with Crippen molar-refractivity contribution in [3.8, 4) is 11.4 Å². The molecule has 6 heteroatoms. The number of aryl methyl sites for hydroxylation is 1. The van der Waals surface area contributed by atoms with Crippen molar-refractivity contribution >= 4 is 11.6 Å². The van der Waals surface area contributed by atoms with Gasteiger partial charge in [0.1, 0.15) is 0 Å². The molecule has 0 atom stereocenters. The standard InChI is InChI=1S/C14H18N4O2/c1-10-16-14(18-20-10)11-5-3-6-12(9-11)17-13(19)7-4-8-15-2/h3,5-6,9,15H,4,7-8H2,1-2H3,(H,17,19). The van der Waals surface area contributed by atoms with Gasteiger partial charge in [-0.1, -0.05) is 17.3 Å². The minimum absolute atomic E-state index is 0.00157. The molecule has 0 bridgehead atoms. The molecule has 6 nitrogen and oxygen atoms in total. The fourth-order valence-corrected chi connectivity index (χ4v) is 1.80. The fraction of sp³-hybridized carbons (Fsp3) is 0.357. The van der Waals surface area contributed by atoms with Crippen molar-refractivity contribution in [1.29, 1.82) is 0 Å². The van der Waals surface area contributed by atoms with Crippen LogP contribution in [0.1, 0.15) is 18.7 Å². The van der Waals surface area contributed by atoms with Crippen molar-refractivity contribution in [1.82, 2.24) is 15.5 Å². The summed E-state index contributed by atoms with van der Waals surface area (Å²) in [6.07, 6.45) is 1.30. The van der Waals surface area contributed by atoms with Crippen molar-refractivity contribution in [3.05, 3.63) is 30.2 Å². The van der Waals surface area contributed by atoms with Gasteiger partial charge in [0.25, 0.3) is 0 Å². The Balaban J connectivity index is 2.01. The van der Waals surface area contributed by atoms with Crippen LogP contribution in [0.25, 0.3) is 11.4 Å². The summed E-state index contributed by atoms with van der Waals surface area (Å²) in [7, 11) is 1.87. The molecule has 1 heterocycles. The predicted molar refractivity (Wildman–Crippen MR) is 76.3 cm³/mol. The van der Waals surface area contributed by atoms with Crippen LogP contribution in [-0.4, -0.2) is 29.6 Å². The number of aromatic nitrogens is 2. The van der Waals surface area contributed by atoms with E-state index in [0.29, 0.717) is 18.1 Å². The Morgan fingerprint density at radius 3 is 2.95 bits per heavy atom. The van der Waals surface area contributed by atoms with Crippen molar-refractivity contribution in [2.24, 2.45) is 0 Å². The van der Waals surface area contributed by atoms with Gasteiger partial charge in [0.15, 0.2) is 0 Å². The molecule has 106 valence electrons. The average molecular weight is 274 g/mol. The third-order valence-corrected chi connectivity index (χ3v) is 2.76. The molecule has 2 N–H and O–H groups in total. The third-order valence-electron chi connectivity index (χ3n) is 2.76. The molecule has 0 aliphatic carbocycles. The SMILES string of the molecule is CNCCCC(=O)Nc1cccc(-c2noc(C)n2)c1. The van der Waals surface area contributed by atoms with Crippen LogP contribution in [0, 0.1) is 6.92 Å². The van der Waals surface area contributed by atoms with Crippen LogP contribution in [0.15, 0.2) is 28.8 Å². The maximum atomic E-state index is 11.8. The molecular weight excluding hydrogens is 256 g/mol. The summed E-state index contributed by atoms with van der Waals surface area (Å²) >= 11 is 0. The number of carbonyl (C=O) groups excluding carboxylic acids is 1. The zero-order valence-electron chi connectivity index (χ0n) is 11.6. The second kappa shape index (κ2) is 6.81. The minimum atomic E-state index is 0.00157. The largest absolute Gasteiger partial charge is 0.339 e. The number of amides is 1. The van der Waals surface area contributed by atoms with Crippen LogP contribution in [0.5, 0.6) is 0 Å². The number of anilines is 1. The third kappa shape index (κ3) is 3.89. The highest BCUT2D eigenvalue weighted by molar-refractivity contribution is 5.91. The maximum absolute atomic E-state index is 11.8. The first kappa shape index (κ1) is 14.2. The summed E-state index contributed by atoms with van der Waals surface area (Å²) in [5.41, 5.74) is 1.55. The van der Waals surface area contributed by atoms with Crippen LogP contribution < -0.4 is 10.6 Å². The van der Waals surface area contributed by atoms with Crippen LogP contribution in [-0.2, 0) is 4.79 Å². The molecule has 2 aromatic rings. The number of nitrogens with one attached hydrogen (secondary N) is 2. The highest BCUT2D eigenvalue weighted by atomic mass is 16.5. The molecule has 1 aromatic heterocycles. The number of hydrogen-bond donors (Lipinski definition) is 2. The van der Waals surface area contributed by atoms with E-state index in [0.717, 1.165) is 24.2 Å². The number of nitrogens with zero attached hydrogens (tertiary/aromatic N) is 2. The van der Waals surface area contributed by atoms with E-state index >= 15 is 0 Å². The highest BCUT2D eigenvalue weighted by Gasteiger charge is 2.07. The highest BCUT2D eigenvalue weighted by Crippen LogP contribution is 2.20. The molecular formula is C14H18N4O2. The van der Waals surface area contributed by atoms with Gasteiger partial charge in [-0.3, -0.25) is 4.79 Å². The molecule has 0 fully saturated rings. The van der Waals surface area contributed by atoms with Crippen LogP contribution in [0.3, 0.4) is 0 Å². The van der Waals surface area contributed by atoms with E-state index in [1.54, 1.807) is 6.92 Å². The number of benzene rings is 1. The first-order valence-electron chi connectivity index (χ1n) is 6.54. The van der Waals surface area contributed by atoms with Gasteiger partial charge >= 0.3 is 0 Å². The number of carbonyl (C=O) groups is 1. The first-order valence-corrected chi connectivity index (χ1v) is 6.54. The normalized spacial score (nSPS) is 10.5. The lowest BCUT2D eigenvalue weighted by molar-refractivity contribution is -0.116. The van der Waals surface area contributed by atoms with Crippen molar-refractivity contribution in [2.75, 3.05) is 18.9 Å². The molecule has 0 saturated heterocycles. The Morgan fingerprint density at radius 1 is 1.40 bits per heavy atom. The quantitative estimate of drug-likeness (QED) is 0.787. The zero-order valence-corrected chi connectivity index (χ0v) is 11.6. The van der Waals surface area contributed by atoms with E-state index in [1.165, 1.54) is 0 Å². The topological polar surface area (TPSA) is 80.0 Å². The van der Waals surface area contributed by atoms with Crippen molar-refractivity contribution < 1.29 is 9.32 Å². The Labute approximate surface area is 117 Å². The van der Waals surface area contributed by atoms with Gasteiger partial charge in [-0.15, -0.1) is 0 Å². The van der Waals surface area contributed by atoms with E-state index in [2.05, 4.69) is 20.8 Å². The van der Waals surface area contributed by atoms with Gasteiger partial charge in [-0.25, -0.2) is 0 Å². The number of rotatable bonds is 6. The maximum Gasteiger partial charge on any atom is 0.224 e. The Morgan fingerprint density at radius 2 is 2.25 bits per heavy atom. The molecule has 1 aromatic carbocycles. The Bertz CT molecular complexity index is 580. The van der Waals surface area contributed by atoms with Crippen LogP contribution in [0.4, 0.5) is 5.69 Å². The molecule has 20 heavy (non-hydrogen) atoms. The van der Waals surface area contributed by atoms with Crippen molar-refractivity contribution in [3.63, 3.8) is 0 Å². The lowest BCUT2D eigenvalue weighted by atomic mass is 10.2. The van der Waals surface area contributed by atoms with E-state index in [-0.39, 0.29) is 5.91 Å². The lowest BCUT2D eigenvalue weighted by Gasteiger charge is -2.06. The molecule has 0 radical (unpaired) electrons. The lowest BCUT2D eigenvalue weighted by Crippen LogP contribution is -2.15. The predicted octanol–water partition coefficient (Wildman–Crippen LogP) is 1.98. The smallest absolute Gasteiger partial charge is 0.224 e. The summed E-state index contributed by atoms with van der Waals surface area (Å²) in [6, 6.07) is 7.40. The van der Waals surface area contributed by atoms with E-state index < -0.39 is 0 Å². The Kier molecular flexibility index (Phi) is 4.84. The average Bonchev–Trinajstić information content (AvgIpc) is 2.86. The summed E-state index contributed by atoms with van der Waals surface area (Å²) in [5.74, 6) is 1.04. The van der Waals surface area contributed by atoms with Gasteiger partial charge in [0, 0.05) is 24.6 Å². The molecule has 2 rings (SSSR count). The van der Waals surface area contributed by atoms with E-state index in [1.807, 2.05) is 31.3 Å². The second-order valence-corrected chi connectivity index (χ2v) is 4.47. The summed E-state index contributed by atoms with van der Waals surface area (Å²) < 4.78 is 4.95. The van der Waals surface area contributed by atoms with E-state index in [9.17, 15) is 4.79 Å². The van der Waals surface area contributed by atoms with Crippen LogP contribution >= 0.6 is 0 Å². The van der Waals surface area contributed by atoms with Gasteiger partial charge in [-0.05, 0) is 32.1 Å². The molecule has 0 unspecified atom stereocenters. The molecule has 0 aliphatic heterocycles. The first-order chi connectivity index (χ1) is 9.69. The second-order valence-electron chi connectivity index (χ2n) is 4.47. The van der Waals surface area contributed by atoms with E-state index in [4.69, 9.17) is 4.52 Å². The summed E-state index contributed by atoms with van der Waals surface area (Å²) in [6.45, 7) is 2.57. The van der Waals surface area contributed by atoms with Crippen LogP contribution in [0.2, 0.25) is 0 Å². The zero-order chi connectivity index (χ0) is 14.4. The van der Waals surface area contributed by atoms with Gasteiger partial charge in [-0.2, -0.15) is 4.98 Å². The van der Waals surface area contributed by atoms with Gasteiger partial charge in [0.2, 0.25) is 17.6 Å². The molecule has 1 amide bonds.